The van der Waals surface area contributed by atoms with E-state index in [1.165, 1.54) is 23.9 Å². The number of carbonyl (C=O) groups is 2. The Balaban J connectivity index is 1.42. The number of aromatic amines is 1. The molecule has 0 fully saturated rings. The van der Waals surface area contributed by atoms with Crippen molar-refractivity contribution in [1.29, 1.82) is 0 Å². The van der Waals surface area contributed by atoms with Gasteiger partial charge in [0, 0.05) is 18.0 Å². The van der Waals surface area contributed by atoms with Crippen molar-refractivity contribution in [2.45, 2.75) is 5.16 Å². The third-order valence-corrected chi connectivity index (χ3v) is 4.83. The van der Waals surface area contributed by atoms with E-state index in [2.05, 4.69) is 20.6 Å². The summed E-state index contributed by atoms with van der Waals surface area (Å²) in [5.74, 6) is -1.71. The molecule has 1 aromatic heterocycles. The van der Waals surface area contributed by atoms with E-state index in [0.717, 1.165) is 22.5 Å². The quantitative estimate of drug-likeness (QED) is 0.323. The van der Waals surface area contributed by atoms with E-state index in [1.54, 1.807) is 6.20 Å². The van der Waals surface area contributed by atoms with Gasteiger partial charge in [0.05, 0.1) is 16.9 Å². The maximum Gasteiger partial charge on any atom is 0.313 e. The summed E-state index contributed by atoms with van der Waals surface area (Å²) in [5.41, 5.74) is 2.18. The van der Waals surface area contributed by atoms with Crippen LogP contribution in [0.2, 0.25) is 5.02 Å². The van der Waals surface area contributed by atoms with Gasteiger partial charge in [0.25, 0.3) is 0 Å². The average molecular weight is 419 g/mol. The molecule has 0 radical (unpaired) electrons. The number of benzene rings is 2. The number of carbonyl (C=O) groups excluding carboxylic acids is 2. The fourth-order valence-electron chi connectivity index (χ4n) is 2.29. The number of amides is 2. The molecule has 0 aliphatic heterocycles. The van der Waals surface area contributed by atoms with E-state index >= 15 is 0 Å². The molecule has 9 heteroatoms. The number of nitrogens with one attached hydrogen (secondary N) is 3. The number of halogens is 2. The van der Waals surface area contributed by atoms with Crippen LogP contribution in [-0.2, 0) is 9.59 Å². The van der Waals surface area contributed by atoms with Crippen molar-refractivity contribution in [2.75, 3.05) is 17.6 Å². The molecule has 0 atom stereocenters. The zero-order valence-corrected chi connectivity index (χ0v) is 16.1. The van der Waals surface area contributed by atoms with E-state index in [0.29, 0.717) is 5.75 Å². The summed E-state index contributed by atoms with van der Waals surface area (Å²) < 4.78 is 13.1. The maximum atomic E-state index is 13.1. The van der Waals surface area contributed by atoms with Crippen LogP contribution in [0, 0.1) is 5.82 Å². The molecule has 0 aliphatic carbocycles. The molecule has 2 aromatic carbocycles. The molecule has 3 rings (SSSR count). The highest BCUT2D eigenvalue weighted by molar-refractivity contribution is 7.99. The largest absolute Gasteiger partial charge is 0.347 e. The van der Waals surface area contributed by atoms with Crippen molar-refractivity contribution in [3.8, 4) is 11.3 Å². The van der Waals surface area contributed by atoms with E-state index in [9.17, 15) is 14.0 Å². The van der Waals surface area contributed by atoms with Gasteiger partial charge in [-0.15, -0.1) is 0 Å². The zero-order valence-electron chi connectivity index (χ0n) is 14.5. The summed E-state index contributed by atoms with van der Waals surface area (Å²) in [5, 5.41) is 5.46. The predicted molar refractivity (Wildman–Crippen MR) is 108 cm³/mol. The second-order valence-electron chi connectivity index (χ2n) is 5.66. The normalized spacial score (nSPS) is 10.5. The smallest absolute Gasteiger partial charge is 0.313 e. The molecular formula is C19H16ClFN4O2S. The molecule has 1 heterocycles. The number of H-pyrrole nitrogens is 1. The van der Waals surface area contributed by atoms with Crippen LogP contribution in [-0.4, -0.2) is 34.1 Å². The van der Waals surface area contributed by atoms with Crippen LogP contribution in [0.3, 0.4) is 0 Å². The number of aromatic nitrogens is 2. The van der Waals surface area contributed by atoms with Crippen LogP contribution >= 0.6 is 23.4 Å². The Hall–Kier alpha value is -2.84. The van der Waals surface area contributed by atoms with Crippen molar-refractivity contribution in [3.63, 3.8) is 0 Å². The number of anilines is 1. The fraction of sp³-hybridized carbons (Fsp3) is 0.105. The van der Waals surface area contributed by atoms with Crippen LogP contribution in [0.5, 0.6) is 0 Å². The molecular weight excluding hydrogens is 403 g/mol. The monoisotopic (exact) mass is 418 g/mol. The van der Waals surface area contributed by atoms with Crippen molar-refractivity contribution in [3.05, 3.63) is 65.6 Å². The first-order chi connectivity index (χ1) is 13.5. The van der Waals surface area contributed by atoms with E-state index < -0.39 is 17.6 Å². The van der Waals surface area contributed by atoms with Gasteiger partial charge in [0.1, 0.15) is 5.82 Å². The third-order valence-electron chi connectivity index (χ3n) is 3.65. The summed E-state index contributed by atoms with van der Waals surface area (Å²) in [6.07, 6.45) is 1.75. The first-order valence-electron chi connectivity index (χ1n) is 8.30. The molecule has 3 aromatic rings. The highest BCUT2D eigenvalue weighted by Gasteiger charge is 2.14. The Morgan fingerprint density at radius 2 is 1.93 bits per heavy atom. The predicted octanol–water partition coefficient (Wildman–Crippen LogP) is 3.72. The average Bonchev–Trinajstić information content (AvgIpc) is 3.17. The molecule has 0 saturated carbocycles. The highest BCUT2D eigenvalue weighted by Crippen LogP contribution is 2.21. The van der Waals surface area contributed by atoms with Gasteiger partial charge in [-0.25, -0.2) is 9.37 Å². The molecule has 0 unspecified atom stereocenters. The fourth-order valence-corrected chi connectivity index (χ4v) is 3.18. The zero-order chi connectivity index (χ0) is 19.9. The lowest BCUT2D eigenvalue weighted by Crippen LogP contribution is -2.36. The van der Waals surface area contributed by atoms with Crippen LogP contribution in [0.1, 0.15) is 0 Å². The summed E-state index contributed by atoms with van der Waals surface area (Å²) >= 11 is 7.06. The Morgan fingerprint density at radius 3 is 2.68 bits per heavy atom. The minimum absolute atomic E-state index is 0.136. The summed E-state index contributed by atoms with van der Waals surface area (Å²) in [7, 11) is 0. The number of thioether (sulfide) groups is 1. The summed E-state index contributed by atoms with van der Waals surface area (Å²) in [6, 6.07) is 13.5. The minimum atomic E-state index is -0.850. The topological polar surface area (TPSA) is 86.9 Å². The second-order valence-corrected chi connectivity index (χ2v) is 7.15. The molecule has 0 spiro atoms. The van der Waals surface area contributed by atoms with Crippen molar-refractivity contribution in [2.24, 2.45) is 0 Å². The van der Waals surface area contributed by atoms with Gasteiger partial charge in [-0.3, -0.25) is 9.59 Å². The molecule has 3 N–H and O–H groups in total. The van der Waals surface area contributed by atoms with Gasteiger partial charge in [-0.05, 0) is 23.8 Å². The van der Waals surface area contributed by atoms with Crippen molar-refractivity contribution < 1.29 is 14.0 Å². The van der Waals surface area contributed by atoms with Gasteiger partial charge in [0.2, 0.25) is 0 Å². The van der Waals surface area contributed by atoms with Gasteiger partial charge < -0.3 is 15.6 Å². The minimum Gasteiger partial charge on any atom is -0.347 e. The number of nitrogens with zero attached hydrogens (tertiary/aromatic N) is 1. The number of rotatable bonds is 6. The van der Waals surface area contributed by atoms with Crippen LogP contribution < -0.4 is 10.6 Å². The van der Waals surface area contributed by atoms with Gasteiger partial charge >= 0.3 is 11.8 Å². The first-order valence-corrected chi connectivity index (χ1v) is 9.67. The molecule has 144 valence electrons. The lowest BCUT2D eigenvalue weighted by molar-refractivity contribution is -0.136. The highest BCUT2D eigenvalue weighted by atomic mass is 35.5. The lowest BCUT2D eigenvalue weighted by Gasteiger charge is -2.06. The number of hydrogen-bond donors (Lipinski definition) is 3. The Labute approximate surface area is 169 Å². The molecule has 0 bridgehead atoms. The first kappa shape index (κ1) is 19.9. The summed E-state index contributed by atoms with van der Waals surface area (Å²) in [4.78, 5) is 31.2. The molecule has 0 aliphatic rings. The van der Waals surface area contributed by atoms with Crippen LogP contribution in [0.15, 0.2) is 59.9 Å². The Kier molecular flexibility index (Phi) is 6.67. The number of hydrogen-bond acceptors (Lipinski definition) is 4. The van der Waals surface area contributed by atoms with Gasteiger partial charge in [-0.1, -0.05) is 53.7 Å². The standard InChI is InChI=1S/C19H16ClFN4O2S/c20-14-10-13(6-7-15(14)21)24-18(27)17(26)22-8-9-28-19-23-11-16(25-19)12-4-2-1-3-5-12/h1-7,10-11H,8-9H2,(H,22,26)(H,23,25)(H,24,27). The molecule has 28 heavy (non-hydrogen) atoms. The summed E-state index contributed by atoms with van der Waals surface area (Å²) in [6.45, 7) is 0.280. The van der Waals surface area contributed by atoms with Crippen LogP contribution in [0.4, 0.5) is 10.1 Å². The van der Waals surface area contributed by atoms with Gasteiger partial charge in [0.15, 0.2) is 5.16 Å². The third kappa shape index (κ3) is 5.34. The Morgan fingerprint density at radius 1 is 1.14 bits per heavy atom. The maximum absolute atomic E-state index is 13.1. The van der Waals surface area contributed by atoms with Crippen molar-refractivity contribution in [1.82, 2.24) is 15.3 Å². The second kappa shape index (κ2) is 9.38. The molecule has 2 amide bonds. The van der Waals surface area contributed by atoms with E-state index in [-0.39, 0.29) is 17.3 Å². The van der Waals surface area contributed by atoms with Crippen LogP contribution in [0.25, 0.3) is 11.3 Å². The SMILES string of the molecule is O=C(NCCSc1ncc(-c2ccccc2)[nH]1)C(=O)Nc1ccc(F)c(Cl)c1. The molecule has 0 saturated heterocycles. The van der Waals surface area contributed by atoms with Gasteiger partial charge in [-0.2, -0.15) is 0 Å². The molecule has 6 nitrogen and oxygen atoms in total. The van der Waals surface area contributed by atoms with Crippen molar-refractivity contribution >= 4 is 40.9 Å². The van der Waals surface area contributed by atoms with E-state index in [4.69, 9.17) is 11.6 Å². The van der Waals surface area contributed by atoms with E-state index in [1.807, 2.05) is 30.3 Å². The Bertz CT molecular complexity index is 981. The number of imidazole rings is 1. The lowest BCUT2D eigenvalue weighted by atomic mass is 10.2.